The summed E-state index contributed by atoms with van der Waals surface area (Å²) >= 11 is 0. The first-order chi connectivity index (χ1) is 8.79. The maximum atomic E-state index is 8.82. The normalized spacial score (nSPS) is 12.2. The fourth-order valence-electron chi connectivity index (χ4n) is 1.58. The molecule has 0 bridgehead atoms. The fourth-order valence-corrected chi connectivity index (χ4v) is 1.58. The summed E-state index contributed by atoms with van der Waals surface area (Å²) < 4.78 is 0. The highest BCUT2D eigenvalue weighted by Crippen LogP contribution is 2.13. The van der Waals surface area contributed by atoms with E-state index < -0.39 is 6.17 Å². The second-order valence-electron chi connectivity index (χ2n) is 3.87. The number of hydrogen-bond acceptors (Lipinski definition) is 3. The molecule has 0 aliphatic rings. The Hall–Kier alpha value is -2.44. The molecule has 2 rings (SSSR count). The van der Waals surface area contributed by atoms with Gasteiger partial charge in [0.05, 0.1) is 11.6 Å². The van der Waals surface area contributed by atoms with Crippen LogP contribution in [0.2, 0.25) is 0 Å². The van der Waals surface area contributed by atoms with Gasteiger partial charge < -0.3 is 5.73 Å². The maximum Gasteiger partial charge on any atom is 0.123 e. The Morgan fingerprint density at radius 1 is 1.11 bits per heavy atom. The van der Waals surface area contributed by atoms with Crippen LogP contribution in [0.1, 0.15) is 22.9 Å². The highest BCUT2D eigenvalue weighted by molar-refractivity contribution is 5.79. The van der Waals surface area contributed by atoms with Gasteiger partial charge in [0.2, 0.25) is 0 Å². The van der Waals surface area contributed by atoms with E-state index in [1.165, 1.54) is 0 Å². The van der Waals surface area contributed by atoms with E-state index in [2.05, 4.69) is 11.1 Å². The number of rotatable bonds is 3. The maximum absolute atomic E-state index is 8.82. The molecule has 3 nitrogen and oxygen atoms in total. The Bertz CT molecular complexity index is 582. The van der Waals surface area contributed by atoms with Crippen LogP contribution in [0.15, 0.2) is 59.6 Å². The van der Waals surface area contributed by atoms with Crippen LogP contribution in [-0.2, 0) is 0 Å². The van der Waals surface area contributed by atoms with Crippen LogP contribution >= 0.6 is 0 Å². The van der Waals surface area contributed by atoms with Crippen LogP contribution in [0.4, 0.5) is 0 Å². The van der Waals surface area contributed by atoms with Crippen LogP contribution in [0.25, 0.3) is 0 Å². The quantitative estimate of drug-likeness (QED) is 0.831. The molecule has 0 spiro atoms. The number of aliphatic imine (C=N–C) groups is 1. The van der Waals surface area contributed by atoms with E-state index in [0.29, 0.717) is 5.56 Å². The van der Waals surface area contributed by atoms with E-state index >= 15 is 0 Å². The van der Waals surface area contributed by atoms with Gasteiger partial charge in [-0.15, -0.1) is 0 Å². The average molecular weight is 235 g/mol. The first-order valence-corrected chi connectivity index (χ1v) is 5.63. The van der Waals surface area contributed by atoms with Crippen molar-refractivity contribution in [3.05, 3.63) is 71.3 Å². The number of nitrogens with zero attached hydrogens (tertiary/aromatic N) is 2. The van der Waals surface area contributed by atoms with Gasteiger partial charge in [0.15, 0.2) is 0 Å². The van der Waals surface area contributed by atoms with E-state index in [0.717, 1.165) is 11.1 Å². The third-order valence-corrected chi connectivity index (χ3v) is 2.54. The Balaban J connectivity index is 2.15. The fraction of sp³-hybridized carbons (Fsp3) is 0.0667. The first kappa shape index (κ1) is 12.0. The first-order valence-electron chi connectivity index (χ1n) is 5.63. The van der Waals surface area contributed by atoms with Crippen molar-refractivity contribution in [2.45, 2.75) is 6.17 Å². The predicted octanol–water partition coefficient (Wildman–Crippen LogP) is 2.63. The topological polar surface area (TPSA) is 62.2 Å². The minimum Gasteiger partial charge on any atom is -0.306 e. The Labute approximate surface area is 106 Å². The zero-order valence-electron chi connectivity index (χ0n) is 9.82. The van der Waals surface area contributed by atoms with E-state index in [9.17, 15) is 0 Å². The molecule has 0 saturated heterocycles. The molecular weight excluding hydrogens is 222 g/mol. The number of nitrogens with two attached hydrogens (primary N) is 1. The molecule has 88 valence electrons. The molecular formula is C15H13N3. The summed E-state index contributed by atoms with van der Waals surface area (Å²) in [6.45, 7) is 0. The predicted molar refractivity (Wildman–Crippen MR) is 72.1 cm³/mol. The standard InChI is InChI=1S/C15H13N3/c16-10-13-7-4-8-14(9-13)15(17)18-11-12-5-2-1-3-6-12/h1-9,11,15H,17H2. The van der Waals surface area contributed by atoms with Crippen molar-refractivity contribution in [1.82, 2.24) is 0 Å². The van der Waals surface area contributed by atoms with Crippen molar-refractivity contribution in [1.29, 1.82) is 5.26 Å². The smallest absolute Gasteiger partial charge is 0.123 e. The summed E-state index contributed by atoms with van der Waals surface area (Å²) in [5, 5.41) is 8.82. The molecule has 0 amide bonds. The van der Waals surface area contributed by atoms with Crippen LogP contribution in [0, 0.1) is 11.3 Å². The van der Waals surface area contributed by atoms with E-state index in [-0.39, 0.29) is 0 Å². The second kappa shape index (κ2) is 5.76. The van der Waals surface area contributed by atoms with Gasteiger partial charge in [0, 0.05) is 6.21 Å². The highest BCUT2D eigenvalue weighted by Gasteiger charge is 2.03. The molecule has 0 aliphatic carbocycles. The van der Waals surface area contributed by atoms with E-state index in [1.54, 1.807) is 18.3 Å². The molecule has 2 aromatic carbocycles. The SMILES string of the molecule is N#Cc1cccc(C(N)N=Cc2ccccc2)c1. The number of nitriles is 1. The molecule has 0 saturated carbocycles. The molecule has 1 atom stereocenters. The highest BCUT2D eigenvalue weighted by atomic mass is 14.9. The van der Waals surface area contributed by atoms with Crippen molar-refractivity contribution < 1.29 is 0 Å². The van der Waals surface area contributed by atoms with Gasteiger partial charge in [-0.2, -0.15) is 5.26 Å². The molecule has 0 fully saturated rings. The molecule has 2 aromatic rings. The molecule has 0 aromatic heterocycles. The Morgan fingerprint density at radius 3 is 2.61 bits per heavy atom. The Kier molecular flexibility index (Phi) is 3.85. The van der Waals surface area contributed by atoms with E-state index in [4.69, 9.17) is 11.0 Å². The van der Waals surface area contributed by atoms with Crippen molar-refractivity contribution in [3.63, 3.8) is 0 Å². The Morgan fingerprint density at radius 2 is 1.89 bits per heavy atom. The summed E-state index contributed by atoms with van der Waals surface area (Å²) in [6.07, 6.45) is 1.29. The molecule has 2 N–H and O–H groups in total. The van der Waals surface area contributed by atoms with Gasteiger partial charge in [0.1, 0.15) is 6.17 Å². The average Bonchev–Trinajstić information content (AvgIpc) is 2.46. The summed E-state index contributed by atoms with van der Waals surface area (Å²) in [4.78, 5) is 4.28. The summed E-state index contributed by atoms with van der Waals surface area (Å²) in [6, 6.07) is 19.0. The molecule has 0 aliphatic heterocycles. The summed E-state index contributed by atoms with van der Waals surface area (Å²) in [5.41, 5.74) is 8.39. The third-order valence-electron chi connectivity index (χ3n) is 2.54. The third kappa shape index (κ3) is 3.03. The van der Waals surface area contributed by atoms with Crippen LogP contribution in [0.5, 0.6) is 0 Å². The number of hydrogen-bond donors (Lipinski definition) is 1. The number of benzene rings is 2. The van der Waals surface area contributed by atoms with Crippen LogP contribution in [-0.4, -0.2) is 6.21 Å². The molecule has 1 unspecified atom stereocenters. The lowest BCUT2D eigenvalue weighted by Crippen LogP contribution is -2.07. The van der Waals surface area contributed by atoms with Gasteiger partial charge in [-0.25, -0.2) is 0 Å². The summed E-state index contributed by atoms with van der Waals surface area (Å²) in [5.74, 6) is 0. The molecule has 0 radical (unpaired) electrons. The van der Waals surface area contributed by atoms with Crippen molar-refractivity contribution in [2.75, 3.05) is 0 Å². The van der Waals surface area contributed by atoms with Gasteiger partial charge in [-0.1, -0.05) is 42.5 Å². The van der Waals surface area contributed by atoms with Gasteiger partial charge >= 0.3 is 0 Å². The lowest BCUT2D eigenvalue weighted by Gasteiger charge is -2.06. The lowest BCUT2D eigenvalue weighted by atomic mass is 10.1. The van der Waals surface area contributed by atoms with Gasteiger partial charge in [-0.05, 0) is 23.3 Å². The van der Waals surface area contributed by atoms with Gasteiger partial charge in [0.25, 0.3) is 0 Å². The molecule has 0 heterocycles. The van der Waals surface area contributed by atoms with E-state index in [1.807, 2.05) is 42.5 Å². The van der Waals surface area contributed by atoms with Crippen molar-refractivity contribution >= 4 is 6.21 Å². The monoisotopic (exact) mass is 235 g/mol. The largest absolute Gasteiger partial charge is 0.306 e. The second-order valence-corrected chi connectivity index (χ2v) is 3.87. The molecule has 3 heteroatoms. The van der Waals surface area contributed by atoms with Crippen LogP contribution in [0.3, 0.4) is 0 Å². The minimum atomic E-state index is -0.446. The zero-order chi connectivity index (χ0) is 12.8. The van der Waals surface area contributed by atoms with Gasteiger partial charge in [-0.3, -0.25) is 4.99 Å². The van der Waals surface area contributed by atoms with Crippen LogP contribution < -0.4 is 5.73 Å². The van der Waals surface area contributed by atoms with Crippen molar-refractivity contribution in [2.24, 2.45) is 10.7 Å². The summed E-state index contributed by atoms with van der Waals surface area (Å²) in [7, 11) is 0. The molecule has 18 heavy (non-hydrogen) atoms. The minimum absolute atomic E-state index is 0.446. The zero-order valence-corrected chi connectivity index (χ0v) is 9.82. The lowest BCUT2D eigenvalue weighted by molar-refractivity contribution is 0.780. The van der Waals surface area contributed by atoms with Crippen molar-refractivity contribution in [3.8, 4) is 6.07 Å².